The minimum atomic E-state index is 0.979. The van der Waals surface area contributed by atoms with Crippen LogP contribution in [0, 0.1) is 6.92 Å². The average molecular weight is 277 g/mol. The Labute approximate surface area is 128 Å². The van der Waals surface area contributed by atoms with Crippen molar-refractivity contribution in [1.82, 2.24) is 4.98 Å². The van der Waals surface area contributed by atoms with Crippen molar-refractivity contribution in [3.63, 3.8) is 0 Å². The van der Waals surface area contributed by atoms with Crippen molar-refractivity contribution in [2.45, 2.75) is 20.8 Å². The molecule has 2 rings (SSSR count). The molecule has 0 saturated carbocycles. The molecule has 108 valence electrons. The van der Waals surface area contributed by atoms with Gasteiger partial charge in [-0.2, -0.15) is 0 Å². The van der Waals surface area contributed by atoms with Crippen LogP contribution in [0.15, 0.2) is 73.9 Å². The Hall–Kier alpha value is -2.41. The van der Waals surface area contributed by atoms with Gasteiger partial charge in [-0.25, -0.2) is 0 Å². The van der Waals surface area contributed by atoms with E-state index in [1.165, 1.54) is 0 Å². The highest BCUT2D eigenvalue weighted by molar-refractivity contribution is 5.77. The van der Waals surface area contributed by atoms with Gasteiger partial charge in [-0.05, 0) is 30.2 Å². The lowest BCUT2D eigenvalue weighted by atomic mass is 10.0. The number of aryl methyl sites for hydroxylation is 1. The van der Waals surface area contributed by atoms with Crippen LogP contribution in [-0.4, -0.2) is 4.98 Å². The van der Waals surface area contributed by atoms with Crippen LogP contribution < -0.4 is 0 Å². The van der Waals surface area contributed by atoms with Gasteiger partial charge in [-0.15, -0.1) is 0 Å². The van der Waals surface area contributed by atoms with Crippen LogP contribution >= 0.6 is 0 Å². The van der Waals surface area contributed by atoms with Gasteiger partial charge >= 0.3 is 0 Å². The van der Waals surface area contributed by atoms with Crippen molar-refractivity contribution in [3.8, 4) is 11.3 Å². The smallest absolute Gasteiger partial charge is 0.0711 e. The largest absolute Gasteiger partial charge is 0.253 e. The Morgan fingerprint density at radius 1 is 1.05 bits per heavy atom. The summed E-state index contributed by atoms with van der Waals surface area (Å²) < 4.78 is 0. The molecule has 0 fully saturated rings. The average Bonchev–Trinajstić information content (AvgIpc) is 2.54. The molecule has 0 aliphatic heterocycles. The molecule has 0 radical (unpaired) electrons. The summed E-state index contributed by atoms with van der Waals surface area (Å²) in [7, 11) is 0. The van der Waals surface area contributed by atoms with Crippen molar-refractivity contribution in [3.05, 3.63) is 85.1 Å². The molecule has 0 N–H and O–H groups in total. The molecule has 0 aliphatic rings. The van der Waals surface area contributed by atoms with E-state index in [9.17, 15) is 0 Å². The molecule has 0 amide bonds. The first-order valence-electron chi connectivity index (χ1n) is 7.24. The van der Waals surface area contributed by atoms with E-state index in [0.29, 0.717) is 0 Å². The van der Waals surface area contributed by atoms with E-state index in [4.69, 9.17) is 0 Å². The highest BCUT2D eigenvalue weighted by Gasteiger charge is 2.04. The third-order valence-electron chi connectivity index (χ3n) is 2.87. The van der Waals surface area contributed by atoms with Gasteiger partial charge < -0.3 is 0 Å². The summed E-state index contributed by atoms with van der Waals surface area (Å²) in [6, 6.07) is 14.3. The lowest BCUT2D eigenvalue weighted by molar-refractivity contribution is 1.20. The Morgan fingerprint density at radius 3 is 2.29 bits per heavy atom. The molecule has 0 aliphatic carbocycles. The number of hydrogen-bond donors (Lipinski definition) is 0. The highest BCUT2D eigenvalue weighted by Crippen LogP contribution is 2.23. The summed E-state index contributed by atoms with van der Waals surface area (Å²) >= 11 is 0. The third kappa shape index (κ3) is 4.57. The van der Waals surface area contributed by atoms with E-state index in [1.807, 2.05) is 51.1 Å². The van der Waals surface area contributed by atoms with Gasteiger partial charge in [0.05, 0.1) is 5.69 Å². The Bertz CT molecular complexity index is 622. The summed E-state index contributed by atoms with van der Waals surface area (Å²) in [4.78, 5) is 4.59. The number of pyridine rings is 1. The first-order valence-corrected chi connectivity index (χ1v) is 7.24. The molecule has 0 spiro atoms. The number of aromatic nitrogens is 1. The van der Waals surface area contributed by atoms with Gasteiger partial charge in [0.2, 0.25) is 0 Å². The van der Waals surface area contributed by atoms with E-state index >= 15 is 0 Å². The molecule has 1 heterocycles. The third-order valence-corrected chi connectivity index (χ3v) is 2.87. The number of hydrogen-bond acceptors (Lipinski definition) is 1. The van der Waals surface area contributed by atoms with Crippen LogP contribution in [0.4, 0.5) is 0 Å². The summed E-state index contributed by atoms with van der Waals surface area (Å²) in [5.41, 5.74) is 5.26. The molecule has 2 aromatic rings. The fourth-order valence-corrected chi connectivity index (χ4v) is 2.00. The maximum absolute atomic E-state index is 4.59. The number of rotatable bonds is 4. The van der Waals surface area contributed by atoms with E-state index in [0.717, 1.165) is 28.1 Å². The van der Waals surface area contributed by atoms with Crippen molar-refractivity contribution in [2.75, 3.05) is 0 Å². The van der Waals surface area contributed by atoms with Gasteiger partial charge in [-0.1, -0.05) is 75.6 Å². The minimum Gasteiger partial charge on any atom is -0.253 e. The zero-order valence-corrected chi connectivity index (χ0v) is 13.1. The minimum absolute atomic E-state index is 0.979. The molecule has 1 aromatic heterocycles. The maximum Gasteiger partial charge on any atom is 0.0711 e. The molecular formula is C20H23N. The van der Waals surface area contributed by atoms with E-state index in [-0.39, 0.29) is 0 Å². The van der Waals surface area contributed by atoms with Crippen LogP contribution in [0.5, 0.6) is 0 Å². The molecule has 0 atom stereocenters. The maximum atomic E-state index is 4.59. The fourth-order valence-electron chi connectivity index (χ4n) is 2.00. The predicted molar refractivity (Wildman–Crippen MR) is 94.1 cm³/mol. The van der Waals surface area contributed by atoms with Gasteiger partial charge in [0.15, 0.2) is 0 Å². The topological polar surface area (TPSA) is 12.9 Å². The summed E-state index contributed by atoms with van der Waals surface area (Å²) in [5, 5.41) is 0. The molecule has 21 heavy (non-hydrogen) atoms. The first-order chi connectivity index (χ1) is 10.2. The quantitative estimate of drug-likeness (QED) is 0.640. The van der Waals surface area contributed by atoms with Crippen LogP contribution in [0.3, 0.4) is 0 Å². The lowest BCUT2D eigenvalue weighted by Gasteiger charge is -2.08. The summed E-state index contributed by atoms with van der Waals surface area (Å²) in [5.74, 6) is 0. The standard InChI is InChI=1S/C18H17N.C2H6/c1-4-9-15(5-2)17-12-14(3)19-18(13-17)16-10-7-6-8-11-16;1-2/h4-13H,1-2H2,3H3;1-2H3/b15-9+;. The summed E-state index contributed by atoms with van der Waals surface area (Å²) in [6.45, 7) is 13.6. The summed E-state index contributed by atoms with van der Waals surface area (Å²) in [6.07, 6.45) is 5.57. The molecule has 0 bridgehead atoms. The van der Waals surface area contributed by atoms with E-state index in [2.05, 4.69) is 42.4 Å². The molecular weight excluding hydrogens is 254 g/mol. The normalized spacial score (nSPS) is 10.3. The molecule has 0 unspecified atom stereocenters. The predicted octanol–water partition coefficient (Wildman–Crippen LogP) is 5.84. The van der Waals surface area contributed by atoms with E-state index < -0.39 is 0 Å². The molecule has 1 nitrogen and oxygen atoms in total. The highest BCUT2D eigenvalue weighted by atomic mass is 14.7. The van der Waals surface area contributed by atoms with Crippen LogP contribution in [0.2, 0.25) is 0 Å². The van der Waals surface area contributed by atoms with Crippen LogP contribution in [0.1, 0.15) is 25.1 Å². The molecule has 1 heteroatoms. The monoisotopic (exact) mass is 277 g/mol. The van der Waals surface area contributed by atoms with Crippen LogP contribution in [-0.2, 0) is 0 Å². The van der Waals surface area contributed by atoms with Crippen molar-refractivity contribution in [2.24, 2.45) is 0 Å². The number of allylic oxidation sites excluding steroid dienone is 4. The zero-order valence-electron chi connectivity index (χ0n) is 13.1. The van der Waals surface area contributed by atoms with E-state index in [1.54, 1.807) is 6.08 Å². The SMILES string of the molecule is C=C/C=C(\C=C)c1cc(C)nc(-c2ccccc2)c1.CC. The zero-order chi connectivity index (χ0) is 15.7. The van der Waals surface area contributed by atoms with Gasteiger partial charge in [0.1, 0.15) is 0 Å². The van der Waals surface area contributed by atoms with Gasteiger partial charge in [0, 0.05) is 11.3 Å². The second-order valence-electron chi connectivity index (χ2n) is 4.31. The Kier molecular flexibility index (Phi) is 6.90. The Morgan fingerprint density at radius 2 is 1.71 bits per heavy atom. The fraction of sp³-hybridized carbons (Fsp3) is 0.150. The van der Waals surface area contributed by atoms with Gasteiger partial charge in [0.25, 0.3) is 0 Å². The second kappa shape index (κ2) is 8.70. The lowest BCUT2D eigenvalue weighted by Crippen LogP contribution is -1.91. The van der Waals surface area contributed by atoms with Crippen LogP contribution in [0.25, 0.3) is 16.8 Å². The molecule has 0 saturated heterocycles. The van der Waals surface area contributed by atoms with Crippen molar-refractivity contribution < 1.29 is 0 Å². The second-order valence-corrected chi connectivity index (χ2v) is 4.31. The number of benzene rings is 1. The first kappa shape index (κ1) is 16.6. The van der Waals surface area contributed by atoms with Crippen molar-refractivity contribution in [1.29, 1.82) is 0 Å². The molecule has 1 aromatic carbocycles. The number of nitrogens with zero attached hydrogens (tertiary/aromatic N) is 1. The van der Waals surface area contributed by atoms with Gasteiger partial charge in [-0.3, -0.25) is 4.98 Å². The Balaban J connectivity index is 0.00000106. The van der Waals surface area contributed by atoms with Crippen molar-refractivity contribution >= 4 is 5.57 Å².